The van der Waals surface area contributed by atoms with Crippen LogP contribution in [0.25, 0.3) is 0 Å². The molecule has 0 aliphatic heterocycles. The van der Waals surface area contributed by atoms with Gasteiger partial charge in [-0.3, -0.25) is 4.79 Å². The van der Waals surface area contributed by atoms with Gasteiger partial charge < -0.3 is 15.2 Å². The number of halogens is 1. The first-order valence-electron chi connectivity index (χ1n) is 5.42. The second-order valence-electron chi connectivity index (χ2n) is 3.64. The molecule has 0 bridgehead atoms. The Hall–Kier alpha value is -1.26. The average molecular weight is 258 g/mol. The summed E-state index contributed by atoms with van der Waals surface area (Å²) in [5.74, 6) is -0.230. The topological polar surface area (TPSA) is 58.6 Å². The Labute approximate surface area is 106 Å². The molecular weight excluding hydrogens is 242 g/mol. The van der Waals surface area contributed by atoms with E-state index in [2.05, 4.69) is 5.32 Å². The highest BCUT2D eigenvalue weighted by molar-refractivity contribution is 6.32. The normalized spacial score (nSPS) is 12.2. The first-order valence-corrected chi connectivity index (χ1v) is 5.79. The smallest absolute Gasteiger partial charge is 0.320 e. The van der Waals surface area contributed by atoms with Crippen LogP contribution in [-0.2, 0) is 11.3 Å². The lowest BCUT2D eigenvalue weighted by Crippen LogP contribution is -2.33. The van der Waals surface area contributed by atoms with Crippen molar-refractivity contribution in [3.8, 4) is 5.75 Å². The van der Waals surface area contributed by atoms with E-state index in [1.807, 2.05) is 13.0 Å². The van der Waals surface area contributed by atoms with Gasteiger partial charge in [-0.15, -0.1) is 0 Å². The number of carboxylic acid groups (broad SMARTS) is 1. The maximum atomic E-state index is 10.6. The molecule has 1 aromatic carbocycles. The van der Waals surface area contributed by atoms with Crippen LogP contribution in [0.15, 0.2) is 18.2 Å². The molecule has 2 N–H and O–H groups in total. The summed E-state index contributed by atoms with van der Waals surface area (Å²) in [5.41, 5.74) is 0.923. The number of hydrogen-bond donors (Lipinski definition) is 2. The van der Waals surface area contributed by atoms with Crippen LogP contribution < -0.4 is 10.1 Å². The third-order valence-electron chi connectivity index (χ3n) is 2.28. The van der Waals surface area contributed by atoms with Gasteiger partial charge in [-0.05, 0) is 31.5 Å². The molecule has 0 radical (unpaired) electrons. The standard InChI is InChI=1S/C12H16ClNO3/c1-3-17-11-5-4-9(6-10(11)13)7-14-8(2)12(15)16/h4-6,8,14H,3,7H2,1-2H3,(H,15,16)/t8-/m0/s1. The lowest BCUT2D eigenvalue weighted by molar-refractivity contribution is -0.139. The summed E-state index contributed by atoms with van der Waals surface area (Å²) >= 11 is 6.02. The van der Waals surface area contributed by atoms with Crippen LogP contribution in [0.1, 0.15) is 19.4 Å². The molecule has 4 nitrogen and oxygen atoms in total. The Morgan fingerprint density at radius 3 is 2.82 bits per heavy atom. The zero-order chi connectivity index (χ0) is 12.8. The maximum Gasteiger partial charge on any atom is 0.320 e. The van der Waals surface area contributed by atoms with Crippen molar-refractivity contribution in [1.29, 1.82) is 0 Å². The molecule has 0 fully saturated rings. The molecule has 17 heavy (non-hydrogen) atoms. The van der Waals surface area contributed by atoms with Crippen LogP contribution in [0, 0.1) is 0 Å². The Kier molecular flexibility index (Phi) is 5.25. The number of aliphatic carboxylic acids is 1. The summed E-state index contributed by atoms with van der Waals surface area (Å²) in [6, 6.07) is 4.83. The van der Waals surface area contributed by atoms with E-state index in [0.29, 0.717) is 23.9 Å². The molecule has 0 aliphatic rings. The van der Waals surface area contributed by atoms with E-state index in [-0.39, 0.29) is 0 Å². The van der Waals surface area contributed by atoms with Gasteiger partial charge in [0.2, 0.25) is 0 Å². The lowest BCUT2D eigenvalue weighted by Gasteiger charge is -2.11. The van der Waals surface area contributed by atoms with Crippen molar-refractivity contribution < 1.29 is 14.6 Å². The van der Waals surface area contributed by atoms with E-state index in [9.17, 15) is 4.79 Å². The van der Waals surface area contributed by atoms with Gasteiger partial charge in [0.15, 0.2) is 0 Å². The van der Waals surface area contributed by atoms with Crippen molar-refractivity contribution in [1.82, 2.24) is 5.32 Å². The highest BCUT2D eigenvalue weighted by Crippen LogP contribution is 2.25. The van der Waals surface area contributed by atoms with Crippen molar-refractivity contribution in [3.63, 3.8) is 0 Å². The van der Waals surface area contributed by atoms with E-state index in [1.54, 1.807) is 19.1 Å². The lowest BCUT2D eigenvalue weighted by atomic mass is 10.2. The summed E-state index contributed by atoms with van der Waals surface area (Å²) in [4.78, 5) is 10.6. The Bertz CT molecular complexity index is 395. The van der Waals surface area contributed by atoms with Gasteiger partial charge in [0, 0.05) is 6.54 Å². The van der Waals surface area contributed by atoms with Crippen molar-refractivity contribution in [3.05, 3.63) is 28.8 Å². The largest absolute Gasteiger partial charge is 0.492 e. The summed E-state index contributed by atoms with van der Waals surface area (Å²) in [5, 5.41) is 12.1. The summed E-state index contributed by atoms with van der Waals surface area (Å²) < 4.78 is 5.31. The SMILES string of the molecule is CCOc1ccc(CN[C@@H](C)C(=O)O)cc1Cl. The molecular formula is C12H16ClNO3. The quantitative estimate of drug-likeness (QED) is 0.821. The van der Waals surface area contributed by atoms with Gasteiger partial charge in [-0.2, -0.15) is 0 Å². The summed E-state index contributed by atoms with van der Waals surface area (Å²) in [6.07, 6.45) is 0. The molecule has 0 heterocycles. The molecule has 0 amide bonds. The fraction of sp³-hybridized carbons (Fsp3) is 0.417. The van der Waals surface area contributed by atoms with Crippen molar-refractivity contribution in [2.24, 2.45) is 0 Å². The van der Waals surface area contributed by atoms with Gasteiger partial charge in [0.25, 0.3) is 0 Å². The zero-order valence-electron chi connectivity index (χ0n) is 9.87. The summed E-state index contributed by atoms with van der Waals surface area (Å²) in [7, 11) is 0. The number of hydrogen-bond acceptors (Lipinski definition) is 3. The molecule has 5 heteroatoms. The monoisotopic (exact) mass is 257 g/mol. The fourth-order valence-corrected chi connectivity index (χ4v) is 1.54. The fourth-order valence-electron chi connectivity index (χ4n) is 1.29. The molecule has 0 spiro atoms. The molecule has 1 aromatic rings. The second-order valence-corrected chi connectivity index (χ2v) is 4.05. The molecule has 94 valence electrons. The minimum atomic E-state index is -0.873. The van der Waals surface area contributed by atoms with Gasteiger partial charge >= 0.3 is 5.97 Å². The maximum absolute atomic E-state index is 10.6. The van der Waals surface area contributed by atoms with E-state index in [4.69, 9.17) is 21.4 Å². The number of nitrogens with one attached hydrogen (secondary N) is 1. The minimum Gasteiger partial charge on any atom is -0.492 e. The number of ether oxygens (including phenoxy) is 1. The Morgan fingerprint density at radius 1 is 1.59 bits per heavy atom. The van der Waals surface area contributed by atoms with Gasteiger partial charge in [-0.1, -0.05) is 17.7 Å². The first-order chi connectivity index (χ1) is 8.04. The molecule has 1 rings (SSSR count). The molecule has 1 atom stereocenters. The van der Waals surface area contributed by atoms with Gasteiger partial charge in [0.1, 0.15) is 11.8 Å². The van der Waals surface area contributed by atoms with E-state index in [1.165, 1.54) is 0 Å². The van der Waals surface area contributed by atoms with Crippen LogP contribution in [-0.4, -0.2) is 23.7 Å². The molecule has 0 unspecified atom stereocenters. The minimum absolute atomic E-state index is 0.458. The predicted molar refractivity (Wildman–Crippen MR) is 66.6 cm³/mol. The van der Waals surface area contributed by atoms with Crippen LogP contribution in [0.2, 0.25) is 5.02 Å². The third-order valence-corrected chi connectivity index (χ3v) is 2.57. The van der Waals surface area contributed by atoms with Gasteiger partial charge in [0.05, 0.1) is 11.6 Å². The number of carboxylic acids is 1. The van der Waals surface area contributed by atoms with E-state index < -0.39 is 12.0 Å². The highest BCUT2D eigenvalue weighted by Gasteiger charge is 2.10. The predicted octanol–water partition coefficient (Wildman–Crippen LogP) is 2.30. The highest BCUT2D eigenvalue weighted by atomic mass is 35.5. The van der Waals surface area contributed by atoms with Crippen molar-refractivity contribution in [2.45, 2.75) is 26.4 Å². The van der Waals surface area contributed by atoms with Crippen LogP contribution in [0.3, 0.4) is 0 Å². The zero-order valence-corrected chi connectivity index (χ0v) is 10.6. The molecule has 0 aromatic heterocycles. The van der Waals surface area contributed by atoms with E-state index in [0.717, 1.165) is 5.56 Å². The molecule has 0 aliphatic carbocycles. The second kappa shape index (κ2) is 6.47. The van der Waals surface area contributed by atoms with E-state index >= 15 is 0 Å². The van der Waals surface area contributed by atoms with Crippen LogP contribution in [0.5, 0.6) is 5.75 Å². The van der Waals surface area contributed by atoms with Crippen LogP contribution in [0.4, 0.5) is 0 Å². The van der Waals surface area contributed by atoms with Crippen LogP contribution >= 0.6 is 11.6 Å². The molecule has 0 saturated heterocycles. The average Bonchev–Trinajstić information content (AvgIpc) is 2.29. The first kappa shape index (κ1) is 13.8. The number of benzene rings is 1. The van der Waals surface area contributed by atoms with Crippen molar-refractivity contribution >= 4 is 17.6 Å². The number of carbonyl (C=O) groups is 1. The Morgan fingerprint density at radius 2 is 2.29 bits per heavy atom. The van der Waals surface area contributed by atoms with Gasteiger partial charge in [-0.25, -0.2) is 0 Å². The summed E-state index contributed by atoms with van der Waals surface area (Å²) in [6.45, 7) is 4.51. The Balaban J connectivity index is 2.61. The number of rotatable bonds is 6. The third kappa shape index (κ3) is 4.24. The van der Waals surface area contributed by atoms with Crippen molar-refractivity contribution in [2.75, 3.05) is 6.61 Å². The molecule has 0 saturated carbocycles.